The van der Waals surface area contributed by atoms with Gasteiger partial charge in [0.2, 0.25) is 5.60 Å². The first-order valence-corrected chi connectivity index (χ1v) is 5.76. The lowest BCUT2D eigenvalue weighted by atomic mass is 9.84. The summed E-state index contributed by atoms with van der Waals surface area (Å²) in [6.45, 7) is 4.50. The smallest absolute Gasteiger partial charge is 0.423 e. The first-order chi connectivity index (χ1) is 8.57. The molecule has 2 unspecified atom stereocenters. The zero-order valence-corrected chi connectivity index (χ0v) is 11.3. The van der Waals surface area contributed by atoms with Crippen LogP contribution in [-0.2, 0) is 5.60 Å². The molecule has 0 saturated heterocycles. The number of aryl methyl sites for hydroxylation is 1. The van der Waals surface area contributed by atoms with Crippen molar-refractivity contribution in [3.63, 3.8) is 0 Å². The van der Waals surface area contributed by atoms with Gasteiger partial charge in [-0.15, -0.1) is 0 Å². The summed E-state index contributed by atoms with van der Waals surface area (Å²) in [5.74, 6) is 0.0112. The molecule has 2 atom stereocenters. The van der Waals surface area contributed by atoms with Crippen LogP contribution < -0.4 is 10.5 Å². The Bertz CT molecular complexity index is 472. The van der Waals surface area contributed by atoms with E-state index in [9.17, 15) is 18.3 Å². The van der Waals surface area contributed by atoms with Crippen molar-refractivity contribution in [2.45, 2.75) is 38.6 Å². The monoisotopic (exact) mass is 277 g/mol. The summed E-state index contributed by atoms with van der Waals surface area (Å²) >= 11 is 0. The third kappa shape index (κ3) is 2.42. The summed E-state index contributed by atoms with van der Waals surface area (Å²) in [5, 5.41) is 10.1. The van der Waals surface area contributed by atoms with E-state index >= 15 is 0 Å². The van der Waals surface area contributed by atoms with E-state index in [0.29, 0.717) is 5.56 Å². The van der Waals surface area contributed by atoms with Gasteiger partial charge in [-0.2, -0.15) is 13.2 Å². The van der Waals surface area contributed by atoms with Crippen molar-refractivity contribution in [2.24, 2.45) is 5.73 Å². The first-order valence-electron chi connectivity index (χ1n) is 5.76. The molecule has 19 heavy (non-hydrogen) atoms. The predicted molar refractivity (Wildman–Crippen MR) is 66.1 cm³/mol. The van der Waals surface area contributed by atoms with Crippen molar-refractivity contribution in [3.8, 4) is 5.75 Å². The van der Waals surface area contributed by atoms with Crippen molar-refractivity contribution in [3.05, 3.63) is 28.8 Å². The molecule has 0 aliphatic heterocycles. The molecule has 0 aliphatic rings. The lowest BCUT2D eigenvalue weighted by Crippen LogP contribution is -2.54. The van der Waals surface area contributed by atoms with Gasteiger partial charge in [0, 0.05) is 11.6 Å². The molecule has 108 valence electrons. The Morgan fingerprint density at radius 1 is 1.26 bits per heavy atom. The summed E-state index contributed by atoms with van der Waals surface area (Å²) in [6.07, 6.45) is -4.89. The average molecular weight is 277 g/mol. The van der Waals surface area contributed by atoms with Crippen molar-refractivity contribution in [1.82, 2.24) is 0 Å². The summed E-state index contributed by atoms with van der Waals surface area (Å²) in [7, 11) is 1.27. The molecule has 0 bridgehead atoms. The summed E-state index contributed by atoms with van der Waals surface area (Å²) in [5.41, 5.74) is 3.19. The SMILES string of the molecule is COc1c(C(O)(C(C)N)C(F)(F)F)ccc(C)c1C. The minimum absolute atomic E-state index is 0.0112. The third-order valence-electron chi connectivity index (χ3n) is 3.38. The number of hydrogen-bond acceptors (Lipinski definition) is 3. The molecule has 1 rings (SSSR count). The second kappa shape index (κ2) is 5.02. The standard InChI is InChI=1S/C13H18F3NO2/c1-7-5-6-10(11(19-4)8(7)2)12(18,9(3)17)13(14,15)16/h5-6,9,18H,17H2,1-4H3. The van der Waals surface area contributed by atoms with Gasteiger partial charge in [0.25, 0.3) is 0 Å². The summed E-state index contributed by atoms with van der Waals surface area (Å²) in [4.78, 5) is 0. The van der Waals surface area contributed by atoms with Gasteiger partial charge in [0.05, 0.1) is 7.11 Å². The molecule has 0 radical (unpaired) electrons. The van der Waals surface area contributed by atoms with E-state index in [-0.39, 0.29) is 11.3 Å². The van der Waals surface area contributed by atoms with E-state index in [0.717, 1.165) is 12.5 Å². The van der Waals surface area contributed by atoms with Crippen molar-refractivity contribution in [2.75, 3.05) is 7.11 Å². The number of aliphatic hydroxyl groups is 1. The van der Waals surface area contributed by atoms with Gasteiger partial charge < -0.3 is 15.6 Å². The second-order valence-corrected chi connectivity index (χ2v) is 4.64. The fraction of sp³-hybridized carbons (Fsp3) is 0.538. The van der Waals surface area contributed by atoms with Crippen molar-refractivity contribution in [1.29, 1.82) is 0 Å². The van der Waals surface area contributed by atoms with Crippen LogP contribution in [0.25, 0.3) is 0 Å². The Kier molecular flexibility index (Phi) is 4.17. The number of ether oxygens (including phenoxy) is 1. The Morgan fingerprint density at radius 2 is 1.79 bits per heavy atom. The van der Waals surface area contributed by atoms with E-state index in [1.54, 1.807) is 13.8 Å². The maximum atomic E-state index is 13.2. The molecule has 0 amide bonds. The number of benzene rings is 1. The van der Waals surface area contributed by atoms with Crippen LogP contribution in [0.3, 0.4) is 0 Å². The molecule has 3 nitrogen and oxygen atoms in total. The van der Waals surface area contributed by atoms with E-state index < -0.39 is 17.8 Å². The van der Waals surface area contributed by atoms with Crippen LogP contribution in [0.2, 0.25) is 0 Å². The minimum Gasteiger partial charge on any atom is -0.496 e. The highest BCUT2D eigenvalue weighted by atomic mass is 19.4. The molecule has 0 spiro atoms. The van der Waals surface area contributed by atoms with Gasteiger partial charge >= 0.3 is 6.18 Å². The molecule has 6 heteroatoms. The van der Waals surface area contributed by atoms with Crippen LogP contribution in [0.4, 0.5) is 13.2 Å². The predicted octanol–water partition coefficient (Wildman–Crippen LogP) is 2.41. The van der Waals surface area contributed by atoms with Crippen LogP contribution in [0, 0.1) is 13.8 Å². The average Bonchev–Trinajstić information content (AvgIpc) is 2.29. The van der Waals surface area contributed by atoms with Crippen LogP contribution in [0.1, 0.15) is 23.6 Å². The quantitative estimate of drug-likeness (QED) is 0.892. The lowest BCUT2D eigenvalue weighted by Gasteiger charge is -2.35. The van der Waals surface area contributed by atoms with Crippen LogP contribution in [0.5, 0.6) is 5.75 Å². The molecule has 0 aliphatic carbocycles. The third-order valence-corrected chi connectivity index (χ3v) is 3.38. The number of methoxy groups -OCH3 is 1. The molecule has 0 aromatic heterocycles. The van der Waals surface area contributed by atoms with Gasteiger partial charge in [0.15, 0.2) is 0 Å². The van der Waals surface area contributed by atoms with Crippen LogP contribution in [0.15, 0.2) is 12.1 Å². The first kappa shape index (κ1) is 15.8. The van der Waals surface area contributed by atoms with Gasteiger partial charge in [-0.05, 0) is 31.9 Å². The number of rotatable bonds is 3. The Morgan fingerprint density at radius 3 is 2.16 bits per heavy atom. The highest BCUT2D eigenvalue weighted by molar-refractivity contribution is 5.49. The van der Waals surface area contributed by atoms with E-state index in [1.165, 1.54) is 19.2 Å². The molecular weight excluding hydrogens is 259 g/mol. The van der Waals surface area contributed by atoms with Gasteiger partial charge in [-0.1, -0.05) is 12.1 Å². The fourth-order valence-electron chi connectivity index (χ4n) is 2.01. The highest BCUT2D eigenvalue weighted by Gasteiger charge is 2.58. The number of halogens is 3. The Labute approximate surface area is 110 Å². The van der Waals surface area contributed by atoms with Gasteiger partial charge in [0.1, 0.15) is 5.75 Å². The Balaban J connectivity index is 3.63. The molecule has 0 saturated carbocycles. The number of nitrogens with two attached hydrogens (primary N) is 1. The second-order valence-electron chi connectivity index (χ2n) is 4.64. The van der Waals surface area contributed by atoms with E-state index in [1.807, 2.05) is 0 Å². The van der Waals surface area contributed by atoms with Crippen LogP contribution in [-0.4, -0.2) is 24.4 Å². The molecular formula is C13H18F3NO2. The zero-order valence-electron chi connectivity index (χ0n) is 11.3. The fourth-order valence-corrected chi connectivity index (χ4v) is 2.01. The van der Waals surface area contributed by atoms with Crippen LogP contribution >= 0.6 is 0 Å². The lowest BCUT2D eigenvalue weighted by molar-refractivity contribution is -0.273. The Hall–Kier alpha value is -1.27. The molecule has 3 N–H and O–H groups in total. The summed E-state index contributed by atoms with van der Waals surface area (Å²) < 4.78 is 44.6. The maximum Gasteiger partial charge on any atom is 0.423 e. The molecule has 0 fully saturated rings. The van der Waals surface area contributed by atoms with E-state index in [2.05, 4.69) is 0 Å². The summed E-state index contributed by atoms with van der Waals surface area (Å²) in [6, 6.07) is 1.19. The topological polar surface area (TPSA) is 55.5 Å². The normalized spacial score (nSPS) is 16.9. The van der Waals surface area contributed by atoms with Gasteiger partial charge in [-0.25, -0.2) is 0 Å². The van der Waals surface area contributed by atoms with Crippen molar-refractivity contribution < 1.29 is 23.0 Å². The van der Waals surface area contributed by atoms with Gasteiger partial charge in [-0.3, -0.25) is 0 Å². The van der Waals surface area contributed by atoms with Crippen molar-refractivity contribution >= 4 is 0 Å². The molecule has 1 aromatic carbocycles. The van der Waals surface area contributed by atoms with E-state index in [4.69, 9.17) is 10.5 Å². The largest absolute Gasteiger partial charge is 0.496 e. The molecule has 0 heterocycles. The number of alkyl halides is 3. The minimum atomic E-state index is -4.89. The highest BCUT2D eigenvalue weighted by Crippen LogP contribution is 2.45. The number of hydrogen-bond donors (Lipinski definition) is 2. The molecule has 1 aromatic rings. The zero-order chi connectivity index (χ0) is 15.0. The maximum absolute atomic E-state index is 13.2.